The molecule has 0 aliphatic rings. The Morgan fingerprint density at radius 2 is 1.84 bits per heavy atom. The zero-order valence-corrected chi connectivity index (χ0v) is 11.4. The summed E-state index contributed by atoms with van der Waals surface area (Å²) in [5.74, 6) is 0.0727. The van der Waals surface area contributed by atoms with Crippen LogP contribution in [0.25, 0.3) is 0 Å². The summed E-state index contributed by atoms with van der Waals surface area (Å²) in [5, 5.41) is 0. The predicted molar refractivity (Wildman–Crippen MR) is 69.3 cm³/mol. The lowest BCUT2D eigenvalue weighted by molar-refractivity contribution is -0.159. The number of hydrogen-bond acceptors (Lipinski definition) is 5. The van der Waals surface area contributed by atoms with Crippen molar-refractivity contribution >= 4 is 11.9 Å². The molecule has 1 rings (SSSR count). The van der Waals surface area contributed by atoms with Crippen LogP contribution in [0.2, 0.25) is 0 Å². The summed E-state index contributed by atoms with van der Waals surface area (Å²) in [6.45, 7) is 1.84. The van der Waals surface area contributed by atoms with Crippen LogP contribution in [0.1, 0.15) is 25.3 Å². The Morgan fingerprint density at radius 1 is 1.11 bits per heavy atom. The van der Waals surface area contributed by atoms with E-state index < -0.39 is 11.9 Å². The lowest BCUT2D eigenvalue weighted by Crippen LogP contribution is -2.14. The van der Waals surface area contributed by atoms with Gasteiger partial charge in [0.05, 0.1) is 20.6 Å². The van der Waals surface area contributed by atoms with Crippen molar-refractivity contribution in [1.29, 1.82) is 0 Å². The molecule has 0 atom stereocenters. The molecule has 0 aromatic heterocycles. The Hall–Kier alpha value is -2.04. The molecule has 0 fully saturated rings. The van der Waals surface area contributed by atoms with E-state index in [-0.39, 0.29) is 12.8 Å². The molecule has 0 bridgehead atoms. The molecule has 0 unspecified atom stereocenters. The van der Waals surface area contributed by atoms with Gasteiger partial charge in [-0.25, -0.2) is 0 Å². The molecule has 104 valence electrons. The molecule has 1 aromatic carbocycles. The zero-order chi connectivity index (χ0) is 14.3. The Morgan fingerprint density at radius 3 is 2.42 bits per heavy atom. The summed E-state index contributed by atoms with van der Waals surface area (Å²) in [4.78, 5) is 22.8. The Bertz CT molecular complexity index is 453. The van der Waals surface area contributed by atoms with Crippen LogP contribution in [0.3, 0.4) is 0 Å². The quantitative estimate of drug-likeness (QED) is 0.583. The SMILES string of the molecule is CCCC(=O)OC(=O)Cc1cc(OC)ccc1OC. The summed E-state index contributed by atoms with van der Waals surface area (Å²) in [7, 11) is 3.05. The molecule has 0 heterocycles. The maximum absolute atomic E-state index is 11.6. The van der Waals surface area contributed by atoms with Crippen molar-refractivity contribution in [1.82, 2.24) is 0 Å². The highest BCUT2D eigenvalue weighted by atomic mass is 16.6. The van der Waals surface area contributed by atoms with Crippen molar-refractivity contribution in [3.63, 3.8) is 0 Å². The van der Waals surface area contributed by atoms with Gasteiger partial charge in [-0.1, -0.05) is 6.92 Å². The van der Waals surface area contributed by atoms with Crippen molar-refractivity contribution in [2.75, 3.05) is 14.2 Å². The minimum Gasteiger partial charge on any atom is -0.497 e. The largest absolute Gasteiger partial charge is 0.497 e. The number of methoxy groups -OCH3 is 2. The Balaban J connectivity index is 2.74. The van der Waals surface area contributed by atoms with E-state index in [0.29, 0.717) is 23.5 Å². The fourth-order valence-electron chi connectivity index (χ4n) is 1.59. The summed E-state index contributed by atoms with van der Waals surface area (Å²) < 4.78 is 14.9. The normalized spacial score (nSPS) is 9.84. The van der Waals surface area contributed by atoms with Crippen molar-refractivity contribution in [3.8, 4) is 11.5 Å². The van der Waals surface area contributed by atoms with E-state index in [1.165, 1.54) is 14.2 Å². The highest BCUT2D eigenvalue weighted by molar-refractivity contribution is 5.86. The van der Waals surface area contributed by atoms with Crippen LogP contribution >= 0.6 is 0 Å². The van der Waals surface area contributed by atoms with Crippen molar-refractivity contribution in [3.05, 3.63) is 23.8 Å². The van der Waals surface area contributed by atoms with Crippen LogP contribution < -0.4 is 9.47 Å². The first-order chi connectivity index (χ1) is 9.10. The highest BCUT2D eigenvalue weighted by Gasteiger charge is 2.14. The average molecular weight is 266 g/mol. The van der Waals surface area contributed by atoms with Gasteiger partial charge in [-0.3, -0.25) is 9.59 Å². The van der Waals surface area contributed by atoms with Crippen molar-refractivity contribution in [2.24, 2.45) is 0 Å². The van der Waals surface area contributed by atoms with E-state index in [1.54, 1.807) is 18.2 Å². The molecular formula is C14H18O5. The van der Waals surface area contributed by atoms with Gasteiger partial charge < -0.3 is 14.2 Å². The summed E-state index contributed by atoms with van der Waals surface area (Å²) in [6, 6.07) is 5.12. The molecule has 1 aromatic rings. The minimum atomic E-state index is -0.593. The Kier molecular flexibility index (Phi) is 5.85. The number of carbonyl (C=O) groups is 2. The van der Waals surface area contributed by atoms with Gasteiger partial charge >= 0.3 is 11.9 Å². The van der Waals surface area contributed by atoms with Gasteiger partial charge in [-0.05, 0) is 24.6 Å². The summed E-state index contributed by atoms with van der Waals surface area (Å²) in [6.07, 6.45) is 0.853. The van der Waals surface area contributed by atoms with Crippen LogP contribution in [0.15, 0.2) is 18.2 Å². The van der Waals surface area contributed by atoms with Gasteiger partial charge in [-0.15, -0.1) is 0 Å². The maximum Gasteiger partial charge on any atom is 0.318 e. The lowest BCUT2D eigenvalue weighted by Gasteiger charge is -2.09. The monoisotopic (exact) mass is 266 g/mol. The molecule has 0 aliphatic carbocycles. The van der Waals surface area contributed by atoms with E-state index in [2.05, 4.69) is 0 Å². The molecule has 0 saturated carbocycles. The highest BCUT2D eigenvalue weighted by Crippen LogP contribution is 2.24. The number of carbonyl (C=O) groups excluding carboxylic acids is 2. The van der Waals surface area contributed by atoms with Crippen LogP contribution in [0.5, 0.6) is 11.5 Å². The molecule has 5 heteroatoms. The summed E-state index contributed by atoms with van der Waals surface area (Å²) in [5.41, 5.74) is 0.621. The van der Waals surface area contributed by atoms with Gasteiger partial charge in [0.25, 0.3) is 0 Å². The van der Waals surface area contributed by atoms with Gasteiger partial charge in [0.15, 0.2) is 0 Å². The van der Waals surface area contributed by atoms with E-state index in [9.17, 15) is 9.59 Å². The standard InChI is InChI=1S/C14H18O5/c1-4-5-13(15)19-14(16)9-10-8-11(17-2)6-7-12(10)18-3/h6-8H,4-5,9H2,1-3H3. The van der Waals surface area contributed by atoms with Crippen LogP contribution in [0, 0.1) is 0 Å². The van der Waals surface area contributed by atoms with Gasteiger partial charge in [0.2, 0.25) is 0 Å². The first kappa shape index (κ1) is 15.0. The minimum absolute atomic E-state index is 0.0319. The molecule has 0 spiro atoms. The van der Waals surface area contributed by atoms with Crippen LogP contribution in [0.4, 0.5) is 0 Å². The van der Waals surface area contributed by atoms with Gasteiger partial charge in [-0.2, -0.15) is 0 Å². The molecule has 0 N–H and O–H groups in total. The van der Waals surface area contributed by atoms with E-state index >= 15 is 0 Å². The Labute approximate surface area is 112 Å². The zero-order valence-electron chi connectivity index (χ0n) is 11.4. The second-order valence-corrected chi connectivity index (χ2v) is 3.95. The first-order valence-corrected chi connectivity index (χ1v) is 6.05. The number of esters is 2. The molecular weight excluding hydrogens is 248 g/mol. The van der Waals surface area contributed by atoms with Crippen molar-refractivity contribution < 1.29 is 23.8 Å². The topological polar surface area (TPSA) is 61.8 Å². The lowest BCUT2D eigenvalue weighted by atomic mass is 10.1. The molecule has 0 aliphatic heterocycles. The molecule has 0 saturated heterocycles. The molecule has 19 heavy (non-hydrogen) atoms. The van der Waals surface area contributed by atoms with Crippen molar-refractivity contribution in [2.45, 2.75) is 26.2 Å². The maximum atomic E-state index is 11.6. The second kappa shape index (κ2) is 7.41. The third kappa shape index (κ3) is 4.62. The predicted octanol–water partition coefficient (Wildman–Crippen LogP) is 2.12. The number of ether oxygens (including phenoxy) is 3. The fraction of sp³-hybridized carbons (Fsp3) is 0.429. The fourth-order valence-corrected chi connectivity index (χ4v) is 1.59. The molecule has 5 nitrogen and oxygen atoms in total. The first-order valence-electron chi connectivity index (χ1n) is 6.05. The van der Waals surface area contributed by atoms with E-state index in [0.717, 1.165) is 0 Å². The van der Waals surface area contributed by atoms with Crippen LogP contribution in [-0.2, 0) is 20.7 Å². The summed E-state index contributed by atoms with van der Waals surface area (Å²) >= 11 is 0. The van der Waals surface area contributed by atoms with Crippen LogP contribution in [-0.4, -0.2) is 26.2 Å². The number of hydrogen-bond donors (Lipinski definition) is 0. The third-order valence-electron chi connectivity index (χ3n) is 2.50. The number of benzene rings is 1. The van der Waals surface area contributed by atoms with Gasteiger partial charge in [0.1, 0.15) is 11.5 Å². The molecule has 0 radical (unpaired) electrons. The second-order valence-electron chi connectivity index (χ2n) is 3.95. The average Bonchev–Trinajstić information content (AvgIpc) is 2.38. The third-order valence-corrected chi connectivity index (χ3v) is 2.50. The number of rotatable bonds is 6. The van der Waals surface area contributed by atoms with E-state index in [4.69, 9.17) is 14.2 Å². The molecule has 0 amide bonds. The smallest absolute Gasteiger partial charge is 0.318 e. The van der Waals surface area contributed by atoms with E-state index in [1.807, 2.05) is 6.92 Å². The van der Waals surface area contributed by atoms with Gasteiger partial charge in [0, 0.05) is 12.0 Å².